The van der Waals surface area contributed by atoms with Gasteiger partial charge in [0.15, 0.2) is 0 Å². The van der Waals surface area contributed by atoms with E-state index < -0.39 is 0 Å². The van der Waals surface area contributed by atoms with Crippen molar-refractivity contribution in [3.63, 3.8) is 0 Å². The summed E-state index contributed by atoms with van der Waals surface area (Å²) in [6.07, 6.45) is 1.77. The first-order valence-corrected chi connectivity index (χ1v) is 6.03. The quantitative estimate of drug-likeness (QED) is 0.875. The van der Waals surface area contributed by atoms with Crippen molar-refractivity contribution in [3.8, 4) is 5.88 Å². The lowest BCUT2D eigenvalue weighted by molar-refractivity contribution is 0.397. The number of pyridine rings is 1. The molecule has 0 saturated carbocycles. The van der Waals surface area contributed by atoms with Gasteiger partial charge in [0, 0.05) is 25.4 Å². The van der Waals surface area contributed by atoms with Crippen molar-refractivity contribution < 1.29 is 4.74 Å². The molecule has 2 rings (SSSR count). The van der Waals surface area contributed by atoms with Gasteiger partial charge in [-0.2, -0.15) is 0 Å². The van der Waals surface area contributed by atoms with Gasteiger partial charge in [0.05, 0.1) is 7.11 Å². The maximum Gasteiger partial charge on any atom is 0.213 e. The highest BCUT2D eigenvalue weighted by Gasteiger charge is 1.97. The van der Waals surface area contributed by atoms with Crippen LogP contribution in [0.1, 0.15) is 16.7 Å². The Morgan fingerprint density at radius 1 is 1.11 bits per heavy atom. The molecule has 0 aliphatic rings. The van der Waals surface area contributed by atoms with Crippen LogP contribution in [-0.2, 0) is 13.1 Å². The summed E-state index contributed by atoms with van der Waals surface area (Å²) < 4.78 is 5.10. The Hall–Kier alpha value is -1.87. The summed E-state index contributed by atoms with van der Waals surface area (Å²) >= 11 is 0. The molecule has 1 aromatic heterocycles. The number of hydrogen-bond donors (Lipinski definition) is 1. The molecular weight excluding hydrogens is 224 g/mol. The molecule has 0 radical (unpaired) electrons. The number of nitrogens with zero attached hydrogens (tertiary/aromatic N) is 1. The van der Waals surface area contributed by atoms with Crippen LogP contribution in [0.4, 0.5) is 0 Å². The van der Waals surface area contributed by atoms with Gasteiger partial charge in [-0.15, -0.1) is 0 Å². The number of rotatable bonds is 5. The molecule has 3 nitrogen and oxygen atoms in total. The molecule has 0 aliphatic heterocycles. The first-order chi connectivity index (χ1) is 8.78. The second-order valence-electron chi connectivity index (χ2n) is 4.30. The highest BCUT2D eigenvalue weighted by molar-refractivity contribution is 5.23. The van der Waals surface area contributed by atoms with Crippen LogP contribution in [0.15, 0.2) is 42.6 Å². The van der Waals surface area contributed by atoms with Crippen molar-refractivity contribution >= 4 is 0 Å². The molecule has 0 aliphatic carbocycles. The fourth-order valence-electron chi connectivity index (χ4n) is 1.85. The zero-order valence-electron chi connectivity index (χ0n) is 10.8. The normalized spacial score (nSPS) is 10.3. The zero-order valence-corrected chi connectivity index (χ0v) is 10.8. The van der Waals surface area contributed by atoms with Gasteiger partial charge >= 0.3 is 0 Å². The summed E-state index contributed by atoms with van der Waals surface area (Å²) in [5.74, 6) is 0.657. The first-order valence-electron chi connectivity index (χ1n) is 6.03. The first kappa shape index (κ1) is 12.6. The minimum atomic E-state index is 0.657. The number of aromatic nitrogens is 1. The predicted octanol–water partition coefficient (Wildman–Crippen LogP) is 2.69. The Labute approximate surface area is 108 Å². The van der Waals surface area contributed by atoms with Crippen molar-refractivity contribution in [2.45, 2.75) is 20.0 Å². The maximum absolute atomic E-state index is 5.10. The lowest BCUT2D eigenvalue weighted by Gasteiger charge is -2.07. The molecule has 0 fully saturated rings. The van der Waals surface area contributed by atoms with E-state index in [1.165, 1.54) is 16.7 Å². The van der Waals surface area contributed by atoms with E-state index in [0.29, 0.717) is 5.88 Å². The molecule has 0 amide bonds. The number of methoxy groups -OCH3 is 1. The van der Waals surface area contributed by atoms with Gasteiger partial charge < -0.3 is 10.1 Å². The Morgan fingerprint density at radius 2 is 1.89 bits per heavy atom. The SMILES string of the molecule is COc1cc(CNCc2cccc(C)c2)ccn1. The maximum atomic E-state index is 5.10. The van der Waals surface area contributed by atoms with Crippen molar-refractivity contribution in [1.29, 1.82) is 0 Å². The van der Waals surface area contributed by atoms with Crippen LogP contribution >= 0.6 is 0 Å². The molecule has 2 aromatic rings. The molecular formula is C15H18N2O. The summed E-state index contributed by atoms with van der Waals surface area (Å²) in [6.45, 7) is 3.79. The number of aryl methyl sites for hydroxylation is 1. The second kappa shape index (κ2) is 6.17. The third-order valence-electron chi connectivity index (χ3n) is 2.75. The summed E-state index contributed by atoms with van der Waals surface area (Å²) in [4.78, 5) is 4.09. The molecule has 0 atom stereocenters. The van der Waals surface area contributed by atoms with Crippen LogP contribution in [0.3, 0.4) is 0 Å². The lowest BCUT2D eigenvalue weighted by atomic mass is 10.1. The smallest absolute Gasteiger partial charge is 0.213 e. The molecule has 1 aromatic carbocycles. The van der Waals surface area contributed by atoms with Crippen LogP contribution in [0.2, 0.25) is 0 Å². The molecule has 0 bridgehead atoms. The molecule has 1 N–H and O–H groups in total. The van der Waals surface area contributed by atoms with E-state index in [1.807, 2.05) is 12.1 Å². The topological polar surface area (TPSA) is 34.1 Å². The van der Waals surface area contributed by atoms with Crippen molar-refractivity contribution in [2.75, 3.05) is 7.11 Å². The largest absolute Gasteiger partial charge is 0.481 e. The summed E-state index contributed by atoms with van der Waals surface area (Å²) in [6, 6.07) is 12.5. The molecule has 1 heterocycles. The predicted molar refractivity (Wildman–Crippen MR) is 72.5 cm³/mol. The van der Waals surface area contributed by atoms with Gasteiger partial charge in [-0.25, -0.2) is 4.98 Å². The highest BCUT2D eigenvalue weighted by Crippen LogP contribution is 2.09. The molecule has 18 heavy (non-hydrogen) atoms. The molecule has 0 saturated heterocycles. The van der Waals surface area contributed by atoms with E-state index in [0.717, 1.165) is 13.1 Å². The monoisotopic (exact) mass is 242 g/mol. The van der Waals surface area contributed by atoms with E-state index in [2.05, 4.69) is 41.5 Å². The number of benzene rings is 1. The third kappa shape index (κ3) is 3.57. The van der Waals surface area contributed by atoms with Gasteiger partial charge in [-0.1, -0.05) is 29.8 Å². The fourth-order valence-corrected chi connectivity index (χ4v) is 1.85. The highest BCUT2D eigenvalue weighted by atomic mass is 16.5. The third-order valence-corrected chi connectivity index (χ3v) is 2.75. The molecule has 3 heteroatoms. The summed E-state index contributed by atoms with van der Waals surface area (Å²) in [5.41, 5.74) is 3.77. The van der Waals surface area contributed by atoms with Crippen molar-refractivity contribution in [1.82, 2.24) is 10.3 Å². The average molecular weight is 242 g/mol. The van der Waals surface area contributed by atoms with E-state index in [9.17, 15) is 0 Å². The fraction of sp³-hybridized carbons (Fsp3) is 0.267. The van der Waals surface area contributed by atoms with Gasteiger partial charge in [-0.05, 0) is 24.1 Å². The van der Waals surface area contributed by atoms with Crippen molar-refractivity contribution in [3.05, 3.63) is 59.3 Å². The van der Waals surface area contributed by atoms with E-state index in [1.54, 1.807) is 13.3 Å². The standard InChI is InChI=1S/C15H18N2O/c1-12-4-3-5-13(8-12)10-16-11-14-6-7-17-15(9-14)18-2/h3-9,16H,10-11H2,1-2H3. The Kier molecular flexibility index (Phi) is 4.31. The number of nitrogens with one attached hydrogen (secondary N) is 1. The molecule has 0 unspecified atom stereocenters. The minimum Gasteiger partial charge on any atom is -0.481 e. The Bertz CT molecular complexity index is 511. The van der Waals surface area contributed by atoms with Gasteiger partial charge in [0.25, 0.3) is 0 Å². The van der Waals surface area contributed by atoms with Gasteiger partial charge in [0.2, 0.25) is 5.88 Å². The van der Waals surface area contributed by atoms with Crippen LogP contribution in [-0.4, -0.2) is 12.1 Å². The minimum absolute atomic E-state index is 0.657. The van der Waals surface area contributed by atoms with Crippen LogP contribution in [0, 0.1) is 6.92 Å². The van der Waals surface area contributed by atoms with E-state index in [-0.39, 0.29) is 0 Å². The summed E-state index contributed by atoms with van der Waals surface area (Å²) in [7, 11) is 1.63. The van der Waals surface area contributed by atoms with Crippen LogP contribution < -0.4 is 10.1 Å². The van der Waals surface area contributed by atoms with Gasteiger partial charge in [0.1, 0.15) is 0 Å². The number of ether oxygens (including phenoxy) is 1. The van der Waals surface area contributed by atoms with Gasteiger partial charge in [-0.3, -0.25) is 0 Å². The molecule has 94 valence electrons. The van der Waals surface area contributed by atoms with Crippen LogP contribution in [0.5, 0.6) is 5.88 Å². The Balaban J connectivity index is 1.88. The zero-order chi connectivity index (χ0) is 12.8. The molecule has 0 spiro atoms. The van der Waals surface area contributed by atoms with Crippen molar-refractivity contribution in [2.24, 2.45) is 0 Å². The average Bonchev–Trinajstić information content (AvgIpc) is 2.39. The number of hydrogen-bond acceptors (Lipinski definition) is 3. The Morgan fingerprint density at radius 3 is 2.61 bits per heavy atom. The van der Waals surface area contributed by atoms with E-state index >= 15 is 0 Å². The lowest BCUT2D eigenvalue weighted by Crippen LogP contribution is -2.12. The summed E-state index contributed by atoms with van der Waals surface area (Å²) in [5, 5.41) is 3.41. The van der Waals surface area contributed by atoms with E-state index in [4.69, 9.17) is 4.74 Å². The second-order valence-corrected chi connectivity index (χ2v) is 4.30. The van der Waals surface area contributed by atoms with Crippen LogP contribution in [0.25, 0.3) is 0 Å².